The molecule has 0 aromatic heterocycles. The van der Waals surface area contributed by atoms with Crippen molar-refractivity contribution in [1.82, 2.24) is 0 Å². The molecule has 0 heterocycles. The summed E-state index contributed by atoms with van der Waals surface area (Å²) in [5.74, 6) is -1.91. The lowest BCUT2D eigenvalue weighted by Gasteiger charge is -2.42. The first kappa shape index (κ1) is 18.5. The van der Waals surface area contributed by atoms with Crippen molar-refractivity contribution in [3.05, 3.63) is 46.8 Å². The SMILES string of the molecule is C=C(C)C(=O)OC1(C(C)C)CCCc2c(F)cc(C(F)(F)F)cc21. The van der Waals surface area contributed by atoms with E-state index in [1.54, 1.807) is 13.8 Å². The van der Waals surface area contributed by atoms with Gasteiger partial charge >= 0.3 is 12.1 Å². The second-order valence-electron chi connectivity index (χ2n) is 6.55. The minimum atomic E-state index is -4.67. The third-order valence-electron chi connectivity index (χ3n) is 4.51. The predicted molar refractivity (Wildman–Crippen MR) is 81.8 cm³/mol. The maximum atomic E-state index is 14.3. The minimum Gasteiger partial charge on any atom is -0.451 e. The van der Waals surface area contributed by atoms with E-state index in [0.717, 1.165) is 6.07 Å². The zero-order valence-electron chi connectivity index (χ0n) is 13.9. The van der Waals surface area contributed by atoms with Crippen molar-refractivity contribution in [2.45, 2.75) is 51.8 Å². The molecule has 2 nitrogen and oxygen atoms in total. The zero-order chi connectivity index (χ0) is 18.3. The monoisotopic (exact) mass is 344 g/mol. The molecule has 6 heteroatoms. The largest absolute Gasteiger partial charge is 0.451 e. The van der Waals surface area contributed by atoms with E-state index in [1.165, 1.54) is 6.92 Å². The second kappa shape index (κ2) is 6.22. The van der Waals surface area contributed by atoms with E-state index in [0.29, 0.717) is 25.3 Å². The van der Waals surface area contributed by atoms with Crippen LogP contribution < -0.4 is 0 Å². The van der Waals surface area contributed by atoms with Crippen LogP contribution in [0.4, 0.5) is 17.6 Å². The number of ether oxygens (including phenoxy) is 1. The zero-order valence-corrected chi connectivity index (χ0v) is 13.9. The Kier molecular flexibility index (Phi) is 4.79. The van der Waals surface area contributed by atoms with E-state index in [1.807, 2.05) is 0 Å². The first-order chi connectivity index (χ1) is 11.0. The van der Waals surface area contributed by atoms with Gasteiger partial charge in [-0.3, -0.25) is 0 Å². The lowest BCUT2D eigenvalue weighted by atomic mass is 9.72. The van der Waals surface area contributed by atoms with Gasteiger partial charge in [0, 0.05) is 11.1 Å². The van der Waals surface area contributed by atoms with E-state index in [9.17, 15) is 22.4 Å². The van der Waals surface area contributed by atoms with E-state index >= 15 is 0 Å². The molecule has 24 heavy (non-hydrogen) atoms. The van der Waals surface area contributed by atoms with Crippen LogP contribution in [0, 0.1) is 11.7 Å². The van der Waals surface area contributed by atoms with Gasteiger partial charge in [0.1, 0.15) is 11.4 Å². The van der Waals surface area contributed by atoms with Gasteiger partial charge in [-0.1, -0.05) is 20.4 Å². The van der Waals surface area contributed by atoms with Crippen LogP contribution in [-0.2, 0) is 27.7 Å². The number of halogens is 4. The molecule has 0 aliphatic heterocycles. The van der Waals surface area contributed by atoms with Crippen molar-refractivity contribution in [1.29, 1.82) is 0 Å². The van der Waals surface area contributed by atoms with Crippen molar-refractivity contribution >= 4 is 5.97 Å². The summed E-state index contributed by atoms with van der Waals surface area (Å²) in [5.41, 5.74) is -1.90. The van der Waals surface area contributed by atoms with Crippen LogP contribution in [0.3, 0.4) is 0 Å². The number of hydrogen-bond donors (Lipinski definition) is 0. The molecule has 0 fully saturated rings. The first-order valence-corrected chi connectivity index (χ1v) is 7.78. The number of carbonyl (C=O) groups excluding carboxylic acids is 1. The van der Waals surface area contributed by atoms with Crippen molar-refractivity contribution < 1.29 is 27.1 Å². The number of carbonyl (C=O) groups is 1. The average molecular weight is 344 g/mol. The van der Waals surface area contributed by atoms with Crippen molar-refractivity contribution in [2.24, 2.45) is 5.92 Å². The van der Waals surface area contributed by atoms with Crippen LogP contribution in [-0.4, -0.2) is 5.97 Å². The molecule has 2 rings (SSSR count). The summed E-state index contributed by atoms with van der Waals surface area (Å²) in [7, 11) is 0. The Morgan fingerprint density at radius 2 is 1.96 bits per heavy atom. The fraction of sp³-hybridized carbons (Fsp3) is 0.500. The topological polar surface area (TPSA) is 26.3 Å². The highest BCUT2D eigenvalue weighted by Gasteiger charge is 2.45. The molecule has 1 aliphatic carbocycles. The predicted octanol–water partition coefficient (Wildman–Crippen LogP) is 5.15. The third-order valence-corrected chi connectivity index (χ3v) is 4.51. The van der Waals surface area contributed by atoms with Gasteiger partial charge in [-0.05, 0) is 49.8 Å². The average Bonchev–Trinajstić information content (AvgIpc) is 2.46. The summed E-state index contributed by atoms with van der Waals surface area (Å²) in [5, 5.41) is 0. The standard InChI is InChI=1S/C18H20F4O2/c1-10(2)16(23)24-17(11(3)4)7-5-6-13-14(17)8-12(9-15(13)19)18(20,21)22/h8-9,11H,1,5-7H2,2-4H3. The third kappa shape index (κ3) is 3.19. The fourth-order valence-corrected chi connectivity index (χ4v) is 3.17. The molecule has 1 unspecified atom stereocenters. The number of esters is 1. The van der Waals surface area contributed by atoms with Gasteiger partial charge in [-0.25, -0.2) is 9.18 Å². The number of hydrogen-bond acceptors (Lipinski definition) is 2. The molecule has 0 bridgehead atoms. The van der Waals surface area contributed by atoms with Crippen LogP contribution in [0.2, 0.25) is 0 Å². The Hall–Kier alpha value is -1.85. The fourth-order valence-electron chi connectivity index (χ4n) is 3.17. The highest BCUT2D eigenvalue weighted by Crippen LogP contribution is 2.47. The summed E-state index contributed by atoms with van der Waals surface area (Å²) in [6.45, 7) is 8.48. The van der Waals surface area contributed by atoms with Gasteiger partial charge in [-0.2, -0.15) is 13.2 Å². The Morgan fingerprint density at radius 1 is 1.33 bits per heavy atom. The van der Waals surface area contributed by atoms with Crippen LogP contribution in [0.1, 0.15) is 50.3 Å². The van der Waals surface area contributed by atoms with Gasteiger partial charge < -0.3 is 4.74 Å². The number of alkyl halides is 3. The molecule has 1 atom stereocenters. The smallest absolute Gasteiger partial charge is 0.416 e. The van der Waals surface area contributed by atoms with Crippen LogP contribution in [0.25, 0.3) is 0 Å². The number of rotatable bonds is 3. The lowest BCUT2D eigenvalue weighted by molar-refractivity contribution is -0.164. The summed E-state index contributed by atoms with van der Waals surface area (Å²) in [6.07, 6.45) is -3.48. The number of benzene rings is 1. The molecule has 0 saturated heterocycles. The van der Waals surface area contributed by atoms with Crippen LogP contribution in [0.5, 0.6) is 0 Å². The molecule has 0 N–H and O–H groups in total. The summed E-state index contributed by atoms with van der Waals surface area (Å²) >= 11 is 0. The lowest BCUT2D eigenvalue weighted by Crippen LogP contribution is -2.41. The molecule has 0 spiro atoms. The molecule has 0 radical (unpaired) electrons. The van der Waals surface area contributed by atoms with Gasteiger partial charge in [0.15, 0.2) is 0 Å². The van der Waals surface area contributed by atoms with Crippen molar-refractivity contribution in [2.75, 3.05) is 0 Å². The Labute approximate surface area is 138 Å². The molecule has 0 saturated carbocycles. The second-order valence-corrected chi connectivity index (χ2v) is 6.55. The number of fused-ring (bicyclic) bond motifs is 1. The highest BCUT2D eigenvalue weighted by atomic mass is 19.4. The van der Waals surface area contributed by atoms with Gasteiger partial charge in [0.2, 0.25) is 0 Å². The minimum absolute atomic E-state index is 0.116. The molecule has 132 valence electrons. The van der Waals surface area contributed by atoms with Gasteiger partial charge in [0.05, 0.1) is 5.56 Å². The van der Waals surface area contributed by atoms with E-state index in [-0.39, 0.29) is 22.6 Å². The van der Waals surface area contributed by atoms with E-state index in [2.05, 4.69) is 6.58 Å². The Bertz CT molecular complexity index is 676. The summed E-state index contributed by atoms with van der Waals surface area (Å²) in [6, 6.07) is 1.43. The molecular formula is C18H20F4O2. The molecule has 1 aromatic rings. The van der Waals surface area contributed by atoms with Crippen molar-refractivity contribution in [3.8, 4) is 0 Å². The quantitative estimate of drug-likeness (QED) is 0.430. The first-order valence-electron chi connectivity index (χ1n) is 7.78. The van der Waals surface area contributed by atoms with Crippen LogP contribution in [0.15, 0.2) is 24.3 Å². The highest BCUT2D eigenvalue weighted by molar-refractivity contribution is 5.87. The Balaban J connectivity index is 2.68. The molecular weight excluding hydrogens is 324 g/mol. The van der Waals surface area contributed by atoms with Gasteiger partial charge in [-0.15, -0.1) is 0 Å². The maximum Gasteiger partial charge on any atom is 0.416 e. The maximum absolute atomic E-state index is 14.3. The summed E-state index contributed by atoms with van der Waals surface area (Å²) in [4.78, 5) is 12.1. The summed E-state index contributed by atoms with van der Waals surface area (Å²) < 4.78 is 59.2. The molecule has 1 aromatic carbocycles. The van der Waals surface area contributed by atoms with Crippen LogP contribution >= 0.6 is 0 Å². The molecule has 0 amide bonds. The van der Waals surface area contributed by atoms with E-state index < -0.39 is 29.1 Å². The Morgan fingerprint density at radius 3 is 2.46 bits per heavy atom. The van der Waals surface area contributed by atoms with E-state index in [4.69, 9.17) is 4.74 Å². The van der Waals surface area contributed by atoms with Gasteiger partial charge in [0.25, 0.3) is 0 Å². The normalized spacial score (nSPS) is 20.7. The van der Waals surface area contributed by atoms with Crippen molar-refractivity contribution in [3.63, 3.8) is 0 Å². The molecule has 1 aliphatic rings.